The summed E-state index contributed by atoms with van der Waals surface area (Å²) in [5.41, 5.74) is 6.34. The highest BCUT2D eigenvalue weighted by Crippen LogP contribution is 2.23. The van der Waals surface area contributed by atoms with Gasteiger partial charge in [-0.05, 0) is 44.9 Å². The van der Waals surface area contributed by atoms with Gasteiger partial charge in [0.15, 0.2) is 15.8 Å². The number of hydrogen-bond donors (Lipinski definition) is 2. The largest absolute Gasteiger partial charge is 0.369 e. The first-order chi connectivity index (χ1) is 13.1. The molecule has 1 saturated heterocycles. The Morgan fingerprint density at radius 1 is 1.34 bits per heavy atom. The molecule has 1 unspecified atom stereocenters. The van der Waals surface area contributed by atoms with Crippen molar-refractivity contribution < 1.29 is 17.6 Å². The van der Waals surface area contributed by atoms with Crippen LogP contribution >= 0.6 is 24.0 Å². The number of hydrogen-bond acceptors (Lipinski definition) is 4. The molecule has 1 aromatic rings. The number of aliphatic imine (C=N–C) groups is 1. The van der Waals surface area contributed by atoms with Crippen LogP contribution in [0.25, 0.3) is 0 Å². The first-order valence-electron chi connectivity index (χ1n) is 9.35. The average Bonchev–Trinajstić information content (AvgIpc) is 2.61. The van der Waals surface area contributed by atoms with Gasteiger partial charge in [0.05, 0.1) is 23.0 Å². The summed E-state index contributed by atoms with van der Waals surface area (Å²) in [7, 11) is -3.16. The highest BCUT2D eigenvalue weighted by molar-refractivity contribution is 14.0. The number of halogens is 2. The average molecular weight is 540 g/mol. The molecule has 3 N–H and O–H groups in total. The minimum Gasteiger partial charge on any atom is -0.369 e. The number of benzene rings is 1. The monoisotopic (exact) mass is 540 g/mol. The number of guanidine groups is 1. The van der Waals surface area contributed by atoms with Gasteiger partial charge in [-0.15, -0.1) is 24.0 Å². The Morgan fingerprint density at radius 2 is 1.97 bits per heavy atom. The summed E-state index contributed by atoms with van der Waals surface area (Å²) >= 11 is 0. The van der Waals surface area contributed by atoms with Crippen LogP contribution in [0, 0.1) is 11.7 Å². The maximum atomic E-state index is 13.1. The van der Waals surface area contributed by atoms with Crippen molar-refractivity contribution in [2.24, 2.45) is 16.6 Å². The second-order valence-corrected chi connectivity index (χ2v) is 10.4. The van der Waals surface area contributed by atoms with E-state index in [-0.39, 0.29) is 42.1 Å². The van der Waals surface area contributed by atoms with Crippen LogP contribution in [0.5, 0.6) is 0 Å². The van der Waals surface area contributed by atoms with Crippen molar-refractivity contribution in [2.45, 2.75) is 31.9 Å². The third-order valence-corrected chi connectivity index (χ3v) is 7.47. The molecule has 0 aliphatic carbocycles. The molecule has 10 heteroatoms. The van der Waals surface area contributed by atoms with E-state index in [4.69, 9.17) is 5.73 Å². The van der Waals surface area contributed by atoms with Crippen molar-refractivity contribution in [1.29, 1.82) is 0 Å². The highest BCUT2D eigenvalue weighted by Gasteiger charge is 2.41. The van der Waals surface area contributed by atoms with E-state index in [1.807, 2.05) is 11.8 Å². The van der Waals surface area contributed by atoms with Crippen LogP contribution < -0.4 is 11.1 Å². The molecule has 1 aliphatic rings. The Balaban J connectivity index is 0.00000420. The number of primary amides is 1. The SMILES string of the molecule is CCNC(=NCC(Cc1ccc(F)cc1)C(N)=O)N1CCS(=O)(=O)C(C)(C)C1.I. The lowest BCUT2D eigenvalue weighted by molar-refractivity contribution is -0.121. The maximum Gasteiger partial charge on any atom is 0.222 e. The molecule has 1 heterocycles. The van der Waals surface area contributed by atoms with E-state index < -0.39 is 26.4 Å². The van der Waals surface area contributed by atoms with Gasteiger partial charge in [0, 0.05) is 19.6 Å². The number of rotatable bonds is 6. The maximum absolute atomic E-state index is 13.1. The molecule has 0 spiro atoms. The Morgan fingerprint density at radius 3 is 2.48 bits per heavy atom. The van der Waals surface area contributed by atoms with Crippen LogP contribution in [0.4, 0.5) is 4.39 Å². The zero-order chi connectivity index (χ0) is 20.9. The molecule has 1 aromatic carbocycles. The van der Waals surface area contributed by atoms with E-state index >= 15 is 0 Å². The molecule has 0 bridgehead atoms. The van der Waals surface area contributed by atoms with Gasteiger partial charge in [0.2, 0.25) is 5.91 Å². The quantitative estimate of drug-likeness (QED) is 0.324. The van der Waals surface area contributed by atoms with E-state index in [0.717, 1.165) is 5.56 Å². The van der Waals surface area contributed by atoms with E-state index in [1.54, 1.807) is 26.0 Å². The van der Waals surface area contributed by atoms with Crippen LogP contribution in [0.15, 0.2) is 29.3 Å². The topological polar surface area (TPSA) is 105 Å². The molecular formula is C19H30FIN4O3S. The Hall–Kier alpha value is -1.43. The molecule has 164 valence electrons. The van der Waals surface area contributed by atoms with E-state index in [2.05, 4.69) is 10.3 Å². The minimum absolute atomic E-state index is 0. The zero-order valence-electron chi connectivity index (χ0n) is 17.0. The predicted molar refractivity (Wildman–Crippen MR) is 124 cm³/mol. The first kappa shape index (κ1) is 25.6. The summed E-state index contributed by atoms with van der Waals surface area (Å²) in [5, 5.41) is 3.16. The lowest BCUT2D eigenvalue weighted by Gasteiger charge is -2.39. The van der Waals surface area contributed by atoms with Gasteiger partial charge in [0.25, 0.3) is 0 Å². The number of nitrogens with one attached hydrogen (secondary N) is 1. The lowest BCUT2D eigenvalue weighted by atomic mass is 9.99. The van der Waals surface area contributed by atoms with Gasteiger partial charge in [-0.2, -0.15) is 0 Å². The Labute approximate surface area is 189 Å². The molecule has 1 atom stereocenters. The number of nitrogens with zero attached hydrogens (tertiary/aromatic N) is 2. The third kappa shape index (κ3) is 6.80. The molecule has 7 nitrogen and oxygen atoms in total. The van der Waals surface area contributed by atoms with Gasteiger partial charge < -0.3 is 16.0 Å². The molecular weight excluding hydrogens is 510 g/mol. The fourth-order valence-electron chi connectivity index (χ4n) is 3.11. The molecule has 1 fully saturated rings. The number of carbonyl (C=O) groups excluding carboxylic acids is 1. The lowest BCUT2D eigenvalue weighted by Crippen LogP contribution is -2.57. The molecule has 2 rings (SSSR count). The third-order valence-electron chi connectivity index (χ3n) is 4.94. The van der Waals surface area contributed by atoms with Crippen LogP contribution in [0.3, 0.4) is 0 Å². The van der Waals surface area contributed by atoms with Crippen molar-refractivity contribution in [1.82, 2.24) is 10.2 Å². The fourth-order valence-corrected chi connectivity index (χ4v) is 4.47. The molecule has 0 radical (unpaired) electrons. The van der Waals surface area contributed by atoms with Crippen molar-refractivity contribution in [3.8, 4) is 0 Å². The summed E-state index contributed by atoms with van der Waals surface area (Å²) in [4.78, 5) is 18.3. The predicted octanol–water partition coefficient (Wildman–Crippen LogP) is 1.56. The molecule has 1 aliphatic heterocycles. The van der Waals surface area contributed by atoms with Crippen LogP contribution in [0.1, 0.15) is 26.3 Å². The van der Waals surface area contributed by atoms with Crippen molar-refractivity contribution in [3.63, 3.8) is 0 Å². The highest BCUT2D eigenvalue weighted by atomic mass is 127. The number of sulfone groups is 1. The smallest absolute Gasteiger partial charge is 0.222 e. The molecule has 0 aromatic heterocycles. The summed E-state index contributed by atoms with van der Waals surface area (Å²) in [6.45, 7) is 6.78. The zero-order valence-corrected chi connectivity index (χ0v) is 20.2. The van der Waals surface area contributed by atoms with Crippen LogP contribution in [-0.4, -0.2) is 61.9 Å². The standard InChI is InChI=1S/C19H29FN4O3S.HI/c1-4-22-18(24-9-10-28(26,27)19(2,3)13-24)23-12-15(17(21)25)11-14-5-7-16(20)8-6-14;/h5-8,15H,4,9-13H2,1-3H3,(H2,21,25)(H,22,23);1H. The molecule has 0 saturated carbocycles. The normalized spacial score (nSPS) is 19.2. The van der Waals surface area contributed by atoms with Gasteiger partial charge >= 0.3 is 0 Å². The van der Waals surface area contributed by atoms with Gasteiger partial charge in [-0.1, -0.05) is 12.1 Å². The van der Waals surface area contributed by atoms with Crippen LogP contribution in [-0.2, 0) is 21.1 Å². The van der Waals surface area contributed by atoms with Crippen molar-refractivity contribution >= 4 is 45.7 Å². The second-order valence-electron chi connectivity index (χ2n) is 7.62. The Bertz CT molecular complexity index is 828. The summed E-state index contributed by atoms with van der Waals surface area (Å²) < 4.78 is 36.7. The van der Waals surface area contributed by atoms with Gasteiger partial charge in [-0.25, -0.2) is 12.8 Å². The van der Waals surface area contributed by atoms with Gasteiger partial charge in [0.1, 0.15) is 5.82 Å². The molecule has 29 heavy (non-hydrogen) atoms. The minimum atomic E-state index is -3.16. The fraction of sp³-hybridized carbons (Fsp3) is 0.579. The van der Waals surface area contributed by atoms with Crippen molar-refractivity contribution in [3.05, 3.63) is 35.6 Å². The number of nitrogens with two attached hydrogens (primary N) is 1. The Kier molecular flexibility index (Phi) is 9.32. The number of carbonyl (C=O) groups is 1. The van der Waals surface area contributed by atoms with Crippen molar-refractivity contribution in [2.75, 3.05) is 31.9 Å². The molecule has 1 amide bonds. The first-order valence-corrected chi connectivity index (χ1v) is 11.0. The summed E-state index contributed by atoms with van der Waals surface area (Å²) in [6, 6.07) is 5.93. The van der Waals surface area contributed by atoms with Gasteiger partial charge in [-0.3, -0.25) is 9.79 Å². The summed E-state index contributed by atoms with van der Waals surface area (Å²) in [5.74, 6) is -0.740. The second kappa shape index (κ2) is 10.6. The van der Waals surface area contributed by atoms with E-state index in [9.17, 15) is 17.6 Å². The number of amides is 1. The van der Waals surface area contributed by atoms with E-state index in [0.29, 0.717) is 32.0 Å². The summed E-state index contributed by atoms with van der Waals surface area (Å²) in [6.07, 6.45) is 0.360. The van der Waals surface area contributed by atoms with E-state index in [1.165, 1.54) is 12.1 Å². The van der Waals surface area contributed by atoms with Crippen LogP contribution in [0.2, 0.25) is 0 Å².